The maximum Gasteiger partial charge on any atom is 0.0886 e. The van der Waals surface area contributed by atoms with Crippen molar-refractivity contribution in [3.8, 4) is 23.5 Å². The lowest BCUT2D eigenvalue weighted by atomic mass is 9.97. The molecule has 0 aliphatic rings. The van der Waals surface area contributed by atoms with E-state index in [9.17, 15) is 0 Å². The lowest BCUT2D eigenvalue weighted by Gasteiger charge is -2.10. The molecule has 112 valence electrons. The van der Waals surface area contributed by atoms with Crippen LogP contribution in [0.3, 0.4) is 0 Å². The Kier molecular flexibility index (Phi) is 5.07. The molecule has 2 aromatic rings. The van der Waals surface area contributed by atoms with Crippen molar-refractivity contribution in [1.29, 1.82) is 0 Å². The van der Waals surface area contributed by atoms with Gasteiger partial charge in [0.15, 0.2) is 0 Å². The molecule has 0 heterocycles. The summed E-state index contributed by atoms with van der Waals surface area (Å²) in [5.41, 5.74) is 8.24. The first-order valence-electron chi connectivity index (χ1n) is 7.66. The van der Waals surface area contributed by atoms with Gasteiger partial charge in [-0.3, -0.25) is 0 Å². The van der Waals surface area contributed by atoms with Crippen molar-refractivity contribution in [3.63, 3.8) is 0 Å². The van der Waals surface area contributed by atoms with Gasteiger partial charge in [0, 0.05) is 6.54 Å². The monoisotopic (exact) mass is 289 g/mol. The number of hydrogen-bond acceptors (Lipinski definition) is 1. The van der Waals surface area contributed by atoms with Gasteiger partial charge in [-0.15, -0.1) is 6.42 Å². The lowest BCUT2D eigenvalue weighted by Crippen LogP contribution is -2.12. The van der Waals surface area contributed by atoms with Gasteiger partial charge in [-0.2, -0.15) is 0 Å². The predicted molar refractivity (Wildman–Crippen MR) is 96.5 cm³/mol. The van der Waals surface area contributed by atoms with Gasteiger partial charge < -0.3 is 5.32 Å². The summed E-state index contributed by atoms with van der Waals surface area (Å²) < 4.78 is 0. The van der Waals surface area contributed by atoms with Crippen LogP contribution in [0.25, 0.3) is 16.7 Å². The quantitative estimate of drug-likeness (QED) is 0.786. The molecule has 0 unspecified atom stereocenters. The van der Waals surface area contributed by atoms with Crippen LogP contribution < -0.4 is 5.32 Å². The van der Waals surface area contributed by atoms with Gasteiger partial charge in [-0.25, -0.2) is 0 Å². The van der Waals surface area contributed by atoms with E-state index in [1.165, 1.54) is 22.3 Å². The molecule has 22 heavy (non-hydrogen) atoms. The van der Waals surface area contributed by atoms with E-state index in [0.29, 0.717) is 0 Å². The summed E-state index contributed by atoms with van der Waals surface area (Å²) in [6.07, 6.45) is 5.58. The summed E-state index contributed by atoms with van der Waals surface area (Å²) >= 11 is 0. The summed E-state index contributed by atoms with van der Waals surface area (Å²) in [5, 5.41) is 3.23. The van der Waals surface area contributed by atoms with Gasteiger partial charge in [0.1, 0.15) is 0 Å². The third kappa shape index (κ3) is 3.40. The van der Waals surface area contributed by atoms with Crippen molar-refractivity contribution in [2.24, 2.45) is 0 Å². The Morgan fingerprint density at radius 3 is 2.18 bits per heavy atom. The van der Waals surface area contributed by atoms with E-state index in [1.807, 2.05) is 6.92 Å². The molecule has 0 aliphatic heterocycles. The van der Waals surface area contributed by atoms with Crippen molar-refractivity contribution in [2.75, 3.05) is 6.54 Å². The van der Waals surface area contributed by atoms with Gasteiger partial charge in [0.05, 0.1) is 5.70 Å². The van der Waals surface area contributed by atoms with Gasteiger partial charge >= 0.3 is 0 Å². The second kappa shape index (κ2) is 7.00. The summed E-state index contributed by atoms with van der Waals surface area (Å²) in [7, 11) is 0. The van der Waals surface area contributed by atoms with E-state index in [0.717, 1.165) is 23.4 Å². The zero-order valence-corrected chi connectivity index (χ0v) is 13.8. The van der Waals surface area contributed by atoms with E-state index in [2.05, 4.69) is 74.5 Å². The highest BCUT2D eigenvalue weighted by atomic mass is 14.9. The van der Waals surface area contributed by atoms with Crippen LogP contribution in [0.5, 0.6) is 0 Å². The number of allylic oxidation sites excluding steroid dienone is 2. The molecule has 0 amide bonds. The van der Waals surface area contributed by atoms with E-state index >= 15 is 0 Å². The molecule has 2 aromatic carbocycles. The third-order valence-electron chi connectivity index (χ3n) is 4.03. The highest BCUT2D eigenvalue weighted by Gasteiger charge is 2.04. The second-order valence-corrected chi connectivity index (χ2v) is 5.55. The van der Waals surface area contributed by atoms with Crippen molar-refractivity contribution >= 4 is 5.57 Å². The fourth-order valence-electron chi connectivity index (χ4n) is 2.45. The molecule has 0 aliphatic carbocycles. The SMILES string of the molecule is C#C/C(NCC)=C(/C)c1ccc(-c2ccc(C)c(C)c2)cc1. The van der Waals surface area contributed by atoms with Gasteiger partial charge in [0.25, 0.3) is 0 Å². The van der Waals surface area contributed by atoms with Crippen molar-refractivity contribution in [2.45, 2.75) is 27.7 Å². The Labute approximate surface area is 134 Å². The van der Waals surface area contributed by atoms with Crippen LogP contribution >= 0.6 is 0 Å². The molecular formula is C21H23N. The van der Waals surface area contributed by atoms with Crippen LogP contribution in [0, 0.1) is 26.2 Å². The predicted octanol–water partition coefficient (Wildman–Crippen LogP) is 4.94. The van der Waals surface area contributed by atoms with Crippen molar-refractivity contribution in [3.05, 3.63) is 64.9 Å². The molecule has 0 radical (unpaired) electrons. The van der Waals surface area contributed by atoms with Gasteiger partial charge in [-0.05, 0) is 61.1 Å². The highest BCUT2D eigenvalue weighted by molar-refractivity contribution is 5.73. The van der Waals surface area contributed by atoms with Crippen molar-refractivity contribution in [1.82, 2.24) is 5.32 Å². The molecule has 0 spiro atoms. The normalized spacial score (nSPS) is 11.6. The molecule has 0 atom stereocenters. The Bertz CT molecular complexity index is 727. The topological polar surface area (TPSA) is 12.0 Å². The first-order chi connectivity index (χ1) is 10.6. The lowest BCUT2D eigenvalue weighted by molar-refractivity contribution is 0.887. The second-order valence-electron chi connectivity index (χ2n) is 5.55. The van der Waals surface area contributed by atoms with Gasteiger partial charge in [-0.1, -0.05) is 48.4 Å². The third-order valence-corrected chi connectivity index (χ3v) is 4.03. The van der Waals surface area contributed by atoms with Crippen LogP contribution in [-0.4, -0.2) is 6.54 Å². The first-order valence-corrected chi connectivity index (χ1v) is 7.66. The minimum atomic E-state index is 0.831. The Morgan fingerprint density at radius 2 is 1.64 bits per heavy atom. The standard InChI is InChI=1S/C21H23N/c1-6-21(22-7-2)17(5)18-10-12-19(13-11-18)20-9-8-15(3)16(4)14-20/h1,8-14,22H,7H2,2-5H3/b21-17+. The number of rotatable bonds is 4. The molecule has 0 saturated carbocycles. The fraction of sp³-hybridized carbons (Fsp3) is 0.238. The van der Waals surface area contributed by atoms with Crippen LogP contribution in [-0.2, 0) is 0 Å². The largest absolute Gasteiger partial charge is 0.378 e. The smallest absolute Gasteiger partial charge is 0.0886 e. The van der Waals surface area contributed by atoms with E-state index in [4.69, 9.17) is 6.42 Å². The highest BCUT2D eigenvalue weighted by Crippen LogP contribution is 2.25. The van der Waals surface area contributed by atoms with E-state index in [-0.39, 0.29) is 0 Å². The summed E-state index contributed by atoms with van der Waals surface area (Å²) in [5.74, 6) is 2.73. The summed E-state index contributed by atoms with van der Waals surface area (Å²) in [6, 6.07) is 15.2. The van der Waals surface area contributed by atoms with Crippen LogP contribution in [0.1, 0.15) is 30.5 Å². The van der Waals surface area contributed by atoms with Crippen LogP contribution in [0.4, 0.5) is 0 Å². The molecular weight excluding hydrogens is 266 g/mol. The molecule has 1 heteroatoms. The number of aryl methyl sites for hydroxylation is 2. The van der Waals surface area contributed by atoms with Crippen molar-refractivity contribution < 1.29 is 0 Å². The van der Waals surface area contributed by atoms with Crippen LogP contribution in [0.15, 0.2) is 48.2 Å². The number of nitrogens with one attached hydrogen (secondary N) is 1. The zero-order chi connectivity index (χ0) is 16.1. The summed E-state index contributed by atoms with van der Waals surface area (Å²) in [6.45, 7) is 9.22. The molecule has 2 rings (SSSR count). The molecule has 1 nitrogen and oxygen atoms in total. The number of hydrogen-bond donors (Lipinski definition) is 1. The summed E-state index contributed by atoms with van der Waals surface area (Å²) in [4.78, 5) is 0. The minimum Gasteiger partial charge on any atom is -0.378 e. The molecule has 0 aromatic heterocycles. The van der Waals surface area contributed by atoms with E-state index in [1.54, 1.807) is 0 Å². The number of terminal acetylenes is 1. The molecule has 0 fully saturated rings. The Balaban J connectivity index is 2.34. The Hall–Kier alpha value is -2.46. The fourth-order valence-corrected chi connectivity index (χ4v) is 2.45. The maximum atomic E-state index is 5.58. The van der Waals surface area contributed by atoms with E-state index < -0.39 is 0 Å². The zero-order valence-electron chi connectivity index (χ0n) is 13.8. The molecule has 0 bridgehead atoms. The minimum absolute atomic E-state index is 0.831. The molecule has 0 saturated heterocycles. The average molecular weight is 289 g/mol. The van der Waals surface area contributed by atoms with Crippen LogP contribution in [0.2, 0.25) is 0 Å². The first kappa shape index (κ1) is 15.9. The Morgan fingerprint density at radius 1 is 1.00 bits per heavy atom. The molecule has 1 N–H and O–H groups in total. The maximum absolute atomic E-state index is 5.58. The average Bonchev–Trinajstić information content (AvgIpc) is 2.54. The number of benzene rings is 2. The van der Waals surface area contributed by atoms with Gasteiger partial charge in [0.2, 0.25) is 0 Å².